The summed E-state index contributed by atoms with van der Waals surface area (Å²) in [6.07, 6.45) is -2.45. The smallest absolute Gasteiger partial charge is 0.277 e. The zero-order valence-electron chi connectivity index (χ0n) is 15.7. The van der Waals surface area contributed by atoms with Crippen molar-refractivity contribution < 1.29 is 29.7 Å². The zero-order chi connectivity index (χ0) is 21.9. The SMILES string of the molecule is O=C(NC[C@H]1OC[C@@](O)(CN(O)C(=O)c2ccccc2)[C@@H]1O)c1c(Cl)cccc1Cl. The minimum Gasteiger partial charge on any atom is -0.387 e. The molecule has 2 aromatic rings. The molecule has 30 heavy (non-hydrogen) atoms. The third kappa shape index (κ3) is 4.75. The molecule has 0 saturated carbocycles. The molecule has 1 saturated heterocycles. The van der Waals surface area contributed by atoms with E-state index in [1.807, 2.05) is 0 Å². The lowest BCUT2D eigenvalue weighted by molar-refractivity contribution is -0.133. The maximum Gasteiger partial charge on any atom is 0.277 e. The fraction of sp³-hybridized carbons (Fsp3) is 0.300. The predicted octanol–water partition coefficient (Wildman–Crippen LogP) is 1.75. The zero-order valence-corrected chi connectivity index (χ0v) is 17.2. The number of hydrogen-bond acceptors (Lipinski definition) is 6. The molecule has 0 radical (unpaired) electrons. The number of carbonyl (C=O) groups excluding carboxylic acids is 2. The van der Waals surface area contributed by atoms with Gasteiger partial charge < -0.3 is 20.3 Å². The van der Waals surface area contributed by atoms with Gasteiger partial charge in [0, 0.05) is 12.1 Å². The highest BCUT2D eigenvalue weighted by molar-refractivity contribution is 6.39. The van der Waals surface area contributed by atoms with Gasteiger partial charge in [-0.15, -0.1) is 0 Å². The van der Waals surface area contributed by atoms with Gasteiger partial charge in [0.15, 0.2) is 0 Å². The molecule has 0 bridgehead atoms. The normalized spacial score (nSPS) is 23.2. The summed E-state index contributed by atoms with van der Waals surface area (Å²) in [4.78, 5) is 24.6. The molecule has 0 unspecified atom stereocenters. The molecule has 2 aromatic carbocycles. The second-order valence-corrected chi connectivity index (χ2v) is 7.75. The van der Waals surface area contributed by atoms with E-state index in [9.17, 15) is 25.0 Å². The van der Waals surface area contributed by atoms with Crippen molar-refractivity contribution in [1.82, 2.24) is 10.4 Å². The van der Waals surface area contributed by atoms with Crippen molar-refractivity contribution in [2.45, 2.75) is 17.8 Å². The average Bonchev–Trinajstić information content (AvgIpc) is 3.00. The highest BCUT2D eigenvalue weighted by Gasteiger charge is 2.49. The summed E-state index contributed by atoms with van der Waals surface area (Å²) in [6, 6.07) is 12.6. The summed E-state index contributed by atoms with van der Waals surface area (Å²) in [5.74, 6) is -1.30. The minimum atomic E-state index is -1.92. The number of hydrogen-bond donors (Lipinski definition) is 4. The lowest BCUT2D eigenvalue weighted by Crippen LogP contribution is -2.54. The second kappa shape index (κ2) is 9.30. The van der Waals surface area contributed by atoms with Crippen LogP contribution in [0.25, 0.3) is 0 Å². The first-order valence-corrected chi connectivity index (χ1v) is 9.78. The average molecular weight is 455 g/mol. The molecule has 4 N–H and O–H groups in total. The Bertz CT molecular complexity index is 909. The summed E-state index contributed by atoms with van der Waals surface area (Å²) in [6.45, 7) is -1.08. The van der Waals surface area contributed by atoms with Crippen LogP contribution in [-0.2, 0) is 4.74 Å². The number of benzene rings is 2. The Labute approximate surface area is 182 Å². The van der Waals surface area contributed by atoms with Crippen molar-refractivity contribution in [2.24, 2.45) is 0 Å². The largest absolute Gasteiger partial charge is 0.387 e. The second-order valence-electron chi connectivity index (χ2n) is 6.93. The van der Waals surface area contributed by atoms with Crippen LogP contribution in [0, 0.1) is 0 Å². The van der Waals surface area contributed by atoms with E-state index in [4.69, 9.17) is 27.9 Å². The molecular weight excluding hydrogens is 435 g/mol. The third-order valence-corrected chi connectivity index (χ3v) is 5.41. The van der Waals surface area contributed by atoms with Crippen LogP contribution in [0.5, 0.6) is 0 Å². The van der Waals surface area contributed by atoms with Gasteiger partial charge in [-0.2, -0.15) is 0 Å². The van der Waals surface area contributed by atoms with Crippen LogP contribution >= 0.6 is 23.2 Å². The molecule has 0 aliphatic carbocycles. The van der Waals surface area contributed by atoms with E-state index in [-0.39, 0.29) is 34.3 Å². The molecule has 1 aliphatic rings. The summed E-state index contributed by atoms with van der Waals surface area (Å²) >= 11 is 12.0. The van der Waals surface area contributed by atoms with Gasteiger partial charge >= 0.3 is 0 Å². The summed E-state index contributed by atoms with van der Waals surface area (Å²) in [5, 5.41) is 34.4. The van der Waals surface area contributed by atoms with Gasteiger partial charge in [-0.25, -0.2) is 5.06 Å². The number of nitrogens with one attached hydrogen (secondary N) is 1. The summed E-state index contributed by atoms with van der Waals surface area (Å²) < 4.78 is 5.38. The number of aliphatic hydroxyl groups is 2. The van der Waals surface area contributed by atoms with Crippen LogP contribution in [-0.4, -0.2) is 69.8 Å². The molecule has 0 spiro atoms. The number of aliphatic hydroxyl groups excluding tert-OH is 1. The van der Waals surface area contributed by atoms with Gasteiger partial charge in [0.1, 0.15) is 17.8 Å². The van der Waals surface area contributed by atoms with Gasteiger partial charge in [0.25, 0.3) is 11.8 Å². The number of halogens is 2. The Morgan fingerprint density at radius 2 is 1.77 bits per heavy atom. The molecule has 10 heteroatoms. The highest BCUT2D eigenvalue weighted by Crippen LogP contribution is 2.27. The first-order valence-electron chi connectivity index (χ1n) is 9.03. The Hall–Kier alpha value is -2.20. The van der Waals surface area contributed by atoms with E-state index in [2.05, 4.69) is 5.32 Å². The quantitative estimate of drug-likeness (QED) is 0.389. The molecule has 1 heterocycles. The van der Waals surface area contributed by atoms with E-state index in [0.717, 1.165) is 0 Å². The monoisotopic (exact) mass is 454 g/mol. The Morgan fingerprint density at radius 1 is 1.13 bits per heavy atom. The van der Waals surface area contributed by atoms with E-state index in [0.29, 0.717) is 5.06 Å². The molecule has 8 nitrogen and oxygen atoms in total. The van der Waals surface area contributed by atoms with Crippen LogP contribution in [0.3, 0.4) is 0 Å². The molecule has 3 rings (SSSR count). The lowest BCUT2D eigenvalue weighted by Gasteiger charge is -2.29. The standard InChI is InChI=1S/C20H20Cl2N2O6/c21-13-7-4-8-14(22)16(13)18(26)23-9-15-17(25)20(28,11-30-15)10-24(29)19(27)12-5-2-1-3-6-12/h1-8,15,17,25,28-29H,9-11H2,(H,23,26)/t15-,17-,20+/m1/s1. The number of carbonyl (C=O) groups is 2. The van der Waals surface area contributed by atoms with Crippen molar-refractivity contribution in [1.29, 1.82) is 0 Å². The van der Waals surface area contributed by atoms with E-state index in [1.54, 1.807) is 24.3 Å². The number of nitrogens with zero attached hydrogens (tertiary/aromatic N) is 1. The van der Waals surface area contributed by atoms with E-state index in [1.165, 1.54) is 24.3 Å². The van der Waals surface area contributed by atoms with Crippen molar-refractivity contribution in [2.75, 3.05) is 19.7 Å². The van der Waals surface area contributed by atoms with Gasteiger partial charge in [0.05, 0.1) is 28.8 Å². The Kier molecular flexibility index (Phi) is 6.97. The molecular formula is C20H20Cl2N2O6. The first kappa shape index (κ1) is 22.5. The fourth-order valence-electron chi connectivity index (χ4n) is 3.14. The topological polar surface area (TPSA) is 119 Å². The number of amides is 2. The molecule has 160 valence electrons. The maximum absolute atomic E-state index is 12.4. The number of ether oxygens (including phenoxy) is 1. The summed E-state index contributed by atoms with van der Waals surface area (Å²) in [5.41, 5.74) is -1.62. The Balaban J connectivity index is 1.60. The van der Waals surface area contributed by atoms with Crippen molar-refractivity contribution in [3.8, 4) is 0 Å². The van der Waals surface area contributed by atoms with Gasteiger partial charge in [-0.1, -0.05) is 47.5 Å². The van der Waals surface area contributed by atoms with Gasteiger partial charge in [-0.05, 0) is 24.3 Å². The first-order chi connectivity index (χ1) is 14.2. The van der Waals surface area contributed by atoms with Gasteiger partial charge in [0.2, 0.25) is 0 Å². The predicted molar refractivity (Wildman–Crippen MR) is 109 cm³/mol. The van der Waals surface area contributed by atoms with Crippen LogP contribution in [0.2, 0.25) is 10.0 Å². The Morgan fingerprint density at radius 3 is 2.40 bits per heavy atom. The molecule has 0 aromatic heterocycles. The lowest BCUT2D eigenvalue weighted by atomic mass is 9.96. The van der Waals surface area contributed by atoms with Crippen LogP contribution in [0.1, 0.15) is 20.7 Å². The van der Waals surface area contributed by atoms with E-state index >= 15 is 0 Å². The molecule has 3 atom stereocenters. The van der Waals surface area contributed by atoms with Crippen LogP contribution in [0.4, 0.5) is 0 Å². The fourth-order valence-corrected chi connectivity index (χ4v) is 3.71. The van der Waals surface area contributed by atoms with Crippen molar-refractivity contribution in [3.63, 3.8) is 0 Å². The molecule has 1 aliphatic heterocycles. The summed E-state index contributed by atoms with van der Waals surface area (Å²) in [7, 11) is 0. The van der Waals surface area contributed by atoms with E-state index < -0.39 is 36.2 Å². The highest BCUT2D eigenvalue weighted by atomic mass is 35.5. The van der Waals surface area contributed by atoms with Gasteiger partial charge in [-0.3, -0.25) is 14.8 Å². The van der Waals surface area contributed by atoms with Crippen molar-refractivity contribution >= 4 is 35.0 Å². The molecule has 2 amide bonds. The maximum atomic E-state index is 12.4. The molecule has 1 fully saturated rings. The van der Waals surface area contributed by atoms with Crippen LogP contribution in [0.15, 0.2) is 48.5 Å². The third-order valence-electron chi connectivity index (χ3n) is 4.78. The number of hydroxylamine groups is 2. The minimum absolute atomic E-state index is 0.0820. The van der Waals surface area contributed by atoms with Crippen LogP contribution < -0.4 is 5.32 Å². The number of rotatable bonds is 6. The van der Waals surface area contributed by atoms with Crippen molar-refractivity contribution in [3.05, 3.63) is 69.7 Å².